The van der Waals surface area contributed by atoms with Crippen molar-refractivity contribution in [2.24, 2.45) is 0 Å². The van der Waals surface area contributed by atoms with Crippen molar-refractivity contribution >= 4 is 17.5 Å². The Morgan fingerprint density at radius 3 is 2.62 bits per heavy atom. The maximum absolute atomic E-state index is 11.1. The third kappa shape index (κ3) is 5.48. The second-order valence-electron chi connectivity index (χ2n) is 4.15. The molecule has 0 fully saturated rings. The summed E-state index contributed by atoms with van der Waals surface area (Å²) in [7, 11) is 1.59. The molecule has 1 heterocycles. The van der Waals surface area contributed by atoms with Crippen molar-refractivity contribution in [2.75, 3.05) is 50.7 Å². The van der Waals surface area contributed by atoms with Gasteiger partial charge in [-0.2, -0.15) is 4.98 Å². The van der Waals surface area contributed by atoms with E-state index in [2.05, 4.69) is 20.6 Å². The summed E-state index contributed by atoms with van der Waals surface area (Å²) in [6.07, 6.45) is 0. The third-order valence-corrected chi connectivity index (χ3v) is 2.55. The first-order chi connectivity index (χ1) is 10.1. The molecule has 0 radical (unpaired) electrons. The highest BCUT2D eigenvalue weighted by Crippen LogP contribution is 2.26. The lowest BCUT2D eigenvalue weighted by Crippen LogP contribution is -2.15. The Labute approximate surface area is 123 Å². The first kappa shape index (κ1) is 17.1. The van der Waals surface area contributed by atoms with Crippen LogP contribution in [0.1, 0.15) is 12.6 Å². The van der Waals surface area contributed by atoms with Crippen LogP contribution in [0.25, 0.3) is 0 Å². The van der Waals surface area contributed by atoms with Gasteiger partial charge in [0.15, 0.2) is 0 Å². The molecule has 0 saturated carbocycles. The quantitative estimate of drug-likeness (QED) is 0.376. The van der Waals surface area contributed by atoms with Crippen LogP contribution in [0, 0.1) is 17.0 Å². The van der Waals surface area contributed by atoms with Gasteiger partial charge in [-0.15, -0.1) is 0 Å². The molecule has 0 unspecified atom stereocenters. The lowest BCUT2D eigenvalue weighted by atomic mass is 10.3. The summed E-state index contributed by atoms with van der Waals surface area (Å²) >= 11 is 0. The Hall–Kier alpha value is -2.00. The highest BCUT2D eigenvalue weighted by molar-refractivity contribution is 5.60. The number of aromatic nitrogens is 2. The van der Waals surface area contributed by atoms with E-state index < -0.39 is 4.92 Å². The number of methoxy groups -OCH3 is 1. The van der Waals surface area contributed by atoms with E-state index in [1.165, 1.54) is 0 Å². The van der Waals surface area contributed by atoms with E-state index in [0.29, 0.717) is 44.6 Å². The van der Waals surface area contributed by atoms with Crippen molar-refractivity contribution in [3.63, 3.8) is 0 Å². The summed E-state index contributed by atoms with van der Waals surface area (Å²) in [4.78, 5) is 18.8. The molecule has 9 nitrogen and oxygen atoms in total. The minimum atomic E-state index is -0.487. The molecule has 0 bridgehead atoms. The van der Waals surface area contributed by atoms with Crippen molar-refractivity contribution in [3.8, 4) is 0 Å². The maximum atomic E-state index is 11.1. The van der Waals surface area contributed by atoms with Crippen LogP contribution in [0.5, 0.6) is 0 Å². The molecule has 0 aromatic carbocycles. The Kier molecular flexibility index (Phi) is 7.33. The minimum Gasteiger partial charge on any atom is -0.382 e. The normalized spacial score (nSPS) is 10.4. The van der Waals surface area contributed by atoms with Crippen LogP contribution in [0.3, 0.4) is 0 Å². The van der Waals surface area contributed by atoms with Crippen LogP contribution in [-0.4, -0.2) is 54.9 Å². The first-order valence-corrected chi connectivity index (χ1v) is 6.67. The van der Waals surface area contributed by atoms with Crippen molar-refractivity contribution in [1.29, 1.82) is 0 Å². The number of rotatable bonds is 10. The zero-order chi connectivity index (χ0) is 15.7. The average Bonchev–Trinajstić information content (AvgIpc) is 2.42. The van der Waals surface area contributed by atoms with Crippen LogP contribution in [0.2, 0.25) is 0 Å². The topological polar surface area (TPSA) is 111 Å². The van der Waals surface area contributed by atoms with E-state index in [1.54, 1.807) is 14.0 Å². The van der Waals surface area contributed by atoms with E-state index in [4.69, 9.17) is 9.47 Å². The molecular weight excluding hydrogens is 278 g/mol. The summed E-state index contributed by atoms with van der Waals surface area (Å²) in [6.45, 7) is 5.92. The summed E-state index contributed by atoms with van der Waals surface area (Å²) in [5.74, 6) is 0.558. The molecule has 1 rings (SSSR count). The Balaban J connectivity index is 2.71. The molecule has 0 aliphatic carbocycles. The fraction of sp³-hybridized carbons (Fsp3) is 0.667. The molecule has 0 atom stereocenters. The predicted molar refractivity (Wildman–Crippen MR) is 78.8 cm³/mol. The molecule has 1 aromatic rings. The van der Waals surface area contributed by atoms with Crippen LogP contribution in [-0.2, 0) is 9.47 Å². The number of hydrogen-bond acceptors (Lipinski definition) is 8. The summed E-state index contributed by atoms with van der Waals surface area (Å²) < 4.78 is 10.1. The minimum absolute atomic E-state index is 0.117. The Morgan fingerprint density at radius 2 is 2.00 bits per heavy atom. The number of ether oxygens (including phenoxy) is 2. The van der Waals surface area contributed by atoms with Crippen LogP contribution in [0.4, 0.5) is 17.5 Å². The predicted octanol–water partition coefficient (Wildman–Crippen LogP) is 1.20. The molecule has 1 aromatic heterocycles. The van der Waals surface area contributed by atoms with Gasteiger partial charge in [0.05, 0.1) is 24.7 Å². The standard InChI is InChI=1S/C12H21N5O4/c1-4-13-12-15-9(2)10(17(18)19)11(16-12)14-5-6-21-8-7-20-3/h4-8H2,1-3H3,(H2,13,14,15,16). The van der Waals surface area contributed by atoms with Gasteiger partial charge in [0.1, 0.15) is 5.69 Å². The summed E-state index contributed by atoms with van der Waals surface area (Å²) in [6, 6.07) is 0. The number of nitrogens with one attached hydrogen (secondary N) is 2. The lowest BCUT2D eigenvalue weighted by molar-refractivity contribution is -0.385. The fourth-order valence-electron chi connectivity index (χ4n) is 1.63. The van der Waals surface area contributed by atoms with Gasteiger partial charge >= 0.3 is 5.69 Å². The third-order valence-electron chi connectivity index (χ3n) is 2.55. The molecule has 0 spiro atoms. The molecule has 9 heteroatoms. The monoisotopic (exact) mass is 299 g/mol. The van der Waals surface area contributed by atoms with Crippen molar-refractivity contribution in [3.05, 3.63) is 15.8 Å². The molecular formula is C12H21N5O4. The maximum Gasteiger partial charge on any atom is 0.332 e. The molecule has 0 aliphatic heterocycles. The SMILES string of the molecule is CCNc1nc(C)c([N+](=O)[O-])c(NCCOCCOC)n1. The first-order valence-electron chi connectivity index (χ1n) is 6.67. The number of nitro groups is 1. The van der Waals surface area contributed by atoms with Crippen molar-refractivity contribution in [2.45, 2.75) is 13.8 Å². The summed E-state index contributed by atoms with van der Waals surface area (Å²) in [5.41, 5.74) is 0.197. The van der Waals surface area contributed by atoms with Crippen LogP contribution >= 0.6 is 0 Å². The average molecular weight is 299 g/mol. The molecule has 2 N–H and O–H groups in total. The second-order valence-corrected chi connectivity index (χ2v) is 4.15. The Bertz CT molecular complexity index is 469. The molecule has 118 valence electrons. The number of aryl methyl sites for hydroxylation is 1. The largest absolute Gasteiger partial charge is 0.382 e. The zero-order valence-corrected chi connectivity index (χ0v) is 12.5. The second kappa shape index (κ2) is 9.03. The van der Waals surface area contributed by atoms with Gasteiger partial charge in [-0.05, 0) is 13.8 Å². The Morgan fingerprint density at radius 1 is 1.24 bits per heavy atom. The highest BCUT2D eigenvalue weighted by Gasteiger charge is 2.21. The van der Waals surface area contributed by atoms with E-state index in [1.807, 2.05) is 6.92 Å². The molecule has 0 saturated heterocycles. The van der Waals surface area contributed by atoms with E-state index >= 15 is 0 Å². The number of anilines is 2. The van der Waals surface area contributed by atoms with Crippen LogP contribution in [0.15, 0.2) is 0 Å². The van der Waals surface area contributed by atoms with Crippen molar-refractivity contribution in [1.82, 2.24) is 9.97 Å². The fourth-order valence-corrected chi connectivity index (χ4v) is 1.63. The van der Waals surface area contributed by atoms with Crippen LogP contribution < -0.4 is 10.6 Å². The molecule has 0 amide bonds. The van der Waals surface area contributed by atoms with Gasteiger partial charge in [0, 0.05) is 20.2 Å². The smallest absolute Gasteiger partial charge is 0.332 e. The van der Waals surface area contributed by atoms with E-state index in [0.717, 1.165) is 0 Å². The van der Waals surface area contributed by atoms with Gasteiger partial charge in [-0.25, -0.2) is 4.98 Å². The lowest BCUT2D eigenvalue weighted by Gasteiger charge is -2.10. The van der Waals surface area contributed by atoms with Gasteiger partial charge < -0.3 is 20.1 Å². The number of nitrogens with zero attached hydrogens (tertiary/aromatic N) is 3. The van der Waals surface area contributed by atoms with Crippen molar-refractivity contribution < 1.29 is 14.4 Å². The highest BCUT2D eigenvalue weighted by atomic mass is 16.6. The molecule has 0 aliphatic rings. The number of hydrogen-bond donors (Lipinski definition) is 2. The van der Waals surface area contributed by atoms with Gasteiger partial charge in [-0.3, -0.25) is 10.1 Å². The zero-order valence-electron chi connectivity index (χ0n) is 12.5. The molecule has 21 heavy (non-hydrogen) atoms. The summed E-state index contributed by atoms with van der Waals surface area (Å²) in [5, 5.41) is 17.0. The van der Waals surface area contributed by atoms with E-state index in [-0.39, 0.29) is 11.5 Å². The van der Waals surface area contributed by atoms with Gasteiger partial charge in [0.2, 0.25) is 11.8 Å². The van der Waals surface area contributed by atoms with Gasteiger partial charge in [0.25, 0.3) is 0 Å². The van der Waals surface area contributed by atoms with E-state index in [9.17, 15) is 10.1 Å². The van der Waals surface area contributed by atoms with Gasteiger partial charge in [-0.1, -0.05) is 0 Å².